The van der Waals surface area contributed by atoms with Gasteiger partial charge in [-0.3, -0.25) is 4.40 Å². The van der Waals surface area contributed by atoms with E-state index in [1.165, 1.54) is 4.40 Å². The standard InChI is InChI=1S/C12H9N3O/c16-12-14-10(9-4-2-1-3-5-9)8-11-13-6-7-15(11)12/h1-8H,(H,14,16). The van der Waals surface area contributed by atoms with Gasteiger partial charge in [-0.2, -0.15) is 0 Å². The summed E-state index contributed by atoms with van der Waals surface area (Å²) in [6, 6.07) is 11.6. The molecule has 0 saturated carbocycles. The van der Waals surface area contributed by atoms with Crippen LogP contribution in [0.5, 0.6) is 0 Å². The van der Waals surface area contributed by atoms with Crippen LogP contribution in [0.15, 0.2) is 53.6 Å². The largest absolute Gasteiger partial charge is 0.331 e. The maximum absolute atomic E-state index is 11.7. The summed E-state index contributed by atoms with van der Waals surface area (Å²) in [5.74, 6) is 0. The van der Waals surface area contributed by atoms with E-state index in [0.29, 0.717) is 5.65 Å². The summed E-state index contributed by atoms with van der Waals surface area (Å²) in [7, 11) is 0. The van der Waals surface area contributed by atoms with Crippen molar-refractivity contribution in [2.45, 2.75) is 0 Å². The summed E-state index contributed by atoms with van der Waals surface area (Å²) in [5, 5.41) is 0. The molecule has 0 aliphatic heterocycles. The molecular weight excluding hydrogens is 202 g/mol. The van der Waals surface area contributed by atoms with Gasteiger partial charge in [-0.15, -0.1) is 0 Å². The van der Waals surface area contributed by atoms with Crippen molar-refractivity contribution in [2.24, 2.45) is 0 Å². The molecule has 0 unspecified atom stereocenters. The van der Waals surface area contributed by atoms with Crippen molar-refractivity contribution in [1.82, 2.24) is 14.4 Å². The van der Waals surface area contributed by atoms with Crippen LogP contribution in [0.2, 0.25) is 0 Å². The molecule has 0 amide bonds. The molecule has 3 aromatic rings. The zero-order chi connectivity index (χ0) is 11.0. The van der Waals surface area contributed by atoms with Gasteiger partial charge in [0, 0.05) is 18.5 Å². The van der Waals surface area contributed by atoms with Gasteiger partial charge in [0.2, 0.25) is 0 Å². The van der Waals surface area contributed by atoms with Gasteiger partial charge in [0.25, 0.3) is 0 Å². The predicted molar refractivity (Wildman–Crippen MR) is 61.2 cm³/mol. The van der Waals surface area contributed by atoms with Crippen LogP contribution in [0.1, 0.15) is 0 Å². The predicted octanol–water partition coefficient (Wildman–Crippen LogP) is 1.69. The number of aromatic amines is 1. The van der Waals surface area contributed by atoms with Gasteiger partial charge >= 0.3 is 5.69 Å². The third-order valence-corrected chi connectivity index (χ3v) is 2.49. The number of nitrogens with zero attached hydrogens (tertiary/aromatic N) is 2. The molecule has 78 valence electrons. The van der Waals surface area contributed by atoms with Gasteiger partial charge in [-0.05, 0) is 5.56 Å². The molecule has 0 atom stereocenters. The number of H-pyrrole nitrogens is 1. The molecule has 0 aliphatic carbocycles. The number of nitrogens with one attached hydrogen (secondary N) is 1. The van der Waals surface area contributed by atoms with Gasteiger partial charge in [-0.25, -0.2) is 9.78 Å². The second-order valence-corrected chi connectivity index (χ2v) is 3.51. The summed E-state index contributed by atoms with van der Waals surface area (Å²) >= 11 is 0. The van der Waals surface area contributed by atoms with Crippen LogP contribution < -0.4 is 5.69 Å². The molecule has 0 spiro atoms. The molecule has 2 aromatic heterocycles. The van der Waals surface area contributed by atoms with Crippen LogP contribution >= 0.6 is 0 Å². The van der Waals surface area contributed by atoms with E-state index < -0.39 is 0 Å². The van der Waals surface area contributed by atoms with Crippen molar-refractivity contribution >= 4 is 5.65 Å². The SMILES string of the molecule is O=c1[nH]c(-c2ccccc2)cc2nccn12. The van der Waals surface area contributed by atoms with Crippen LogP contribution in [0.25, 0.3) is 16.9 Å². The second-order valence-electron chi connectivity index (χ2n) is 3.51. The van der Waals surface area contributed by atoms with Crippen molar-refractivity contribution in [3.05, 3.63) is 59.3 Å². The Kier molecular flexibility index (Phi) is 1.86. The highest BCUT2D eigenvalue weighted by Gasteiger charge is 2.02. The summed E-state index contributed by atoms with van der Waals surface area (Å²) in [4.78, 5) is 18.6. The average molecular weight is 211 g/mol. The molecule has 1 aromatic carbocycles. The molecule has 4 nitrogen and oxygen atoms in total. The normalized spacial score (nSPS) is 10.8. The lowest BCUT2D eigenvalue weighted by Gasteiger charge is -2.01. The third kappa shape index (κ3) is 1.32. The molecule has 0 fully saturated rings. The topological polar surface area (TPSA) is 50.2 Å². The van der Waals surface area contributed by atoms with Gasteiger partial charge in [0.1, 0.15) is 5.65 Å². The van der Waals surface area contributed by atoms with E-state index in [2.05, 4.69) is 9.97 Å². The number of hydrogen-bond donors (Lipinski definition) is 1. The fraction of sp³-hybridized carbons (Fsp3) is 0. The Bertz CT molecular complexity index is 682. The minimum atomic E-state index is -0.172. The Morgan fingerprint density at radius 2 is 2.00 bits per heavy atom. The first-order valence-corrected chi connectivity index (χ1v) is 4.96. The maximum atomic E-state index is 11.7. The monoisotopic (exact) mass is 211 g/mol. The Hall–Kier alpha value is -2.36. The van der Waals surface area contributed by atoms with E-state index >= 15 is 0 Å². The summed E-state index contributed by atoms with van der Waals surface area (Å²) < 4.78 is 1.48. The molecule has 0 saturated heterocycles. The summed E-state index contributed by atoms with van der Waals surface area (Å²) in [6.45, 7) is 0. The first kappa shape index (κ1) is 8.91. The lowest BCUT2D eigenvalue weighted by molar-refractivity contribution is 1.01. The molecule has 2 heterocycles. The van der Waals surface area contributed by atoms with Crippen molar-refractivity contribution in [3.8, 4) is 11.3 Å². The minimum absolute atomic E-state index is 0.172. The van der Waals surface area contributed by atoms with Crippen LogP contribution in [-0.4, -0.2) is 14.4 Å². The highest BCUT2D eigenvalue weighted by molar-refractivity contribution is 5.62. The second kappa shape index (κ2) is 3.34. The Balaban J connectivity index is 2.30. The molecular formula is C12H9N3O. The zero-order valence-electron chi connectivity index (χ0n) is 8.42. The summed E-state index contributed by atoms with van der Waals surface area (Å²) in [6.07, 6.45) is 3.25. The maximum Gasteiger partial charge on any atom is 0.331 e. The van der Waals surface area contributed by atoms with Gasteiger partial charge in [-0.1, -0.05) is 30.3 Å². The number of hydrogen-bond acceptors (Lipinski definition) is 2. The lowest BCUT2D eigenvalue weighted by Crippen LogP contribution is -2.15. The number of imidazole rings is 1. The molecule has 0 radical (unpaired) electrons. The molecule has 0 bridgehead atoms. The van der Waals surface area contributed by atoms with Crippen molar-refractivity contribution in [2.75, 3.05) is 0 Å². The van der Waals surface area contributed by atoms with Gasteiger partial charge in [0.15, 0.2) is 0 Å². The van der Waals surface area contributed by atoms with Gasteiger partial charge in [0.05, 0.1) is 5.69 Å². The van der Waals surface area contributed by atoms with Crippen molar-refractivity contribution in [3.63, 3.8) is 0 Å². The Morgan fingerprint density at radius 1 is 1.19 bits per heavy atom. The number of aromatic nitrogens is 3. The van der Waals surface area contributed by atoms with E-state index in [-0.39, 0.29) is 5.69 Å². The van der Waals surface area contributed by atoms with Crippen LogP contribution in [0.3, 0.4) is 0 Å². The first-order valence-electron chi connectivity index (χ1n) is 4.96. The summed E-state index contributed by atoms with van der Waals surface area (Å²) in [5.41, 5.74) is 2.24. The highest BCUT2D eigenvalue weighted by atomic mass is 16.1. The van der Waals surface area contributed by atoms with Gasteiger partial charge < -0.3 is 4.98 Å². The Labute approximate surface area is 91.2 Å². The first-order chi connectivity index (χ1) is 7.84. The molecule has 3 rings (SSSR count). The number of fused-ring (bicyclic) bond motifs is 1. The third-order valence-electron chi connectivity index (χ3n) is 2.49. The van der Waals surface area contributed by atoms with Crippen LogP contribution in [0, 0.1) is 0 Å². The molecule has 0 aliphatic rings. The molecule has 16 heavy (non-hydrogen) atoms. The lowest BCUT2D eigenvalue weighted by atomic mass is 10.1. The zero-order valence-corrected chi connectivity index (χ0v) is 8.42. The fourth-order valence-electron chi connectivity index (χ4n) is 1.71. The minimum Gasteiger partial charge on any atom is -0.306 e. The number of rotatable bonds is 1. The van der Waals surface area contributed by atoms with Crippen LogP contribution in [0.4, 0.5) is 0 Å². The van der Waals surface area contributed by atoms with E-state index in [1.54, 1.807) is 12.4 Å². The van der Waals surface area contributed by atoms with Crippen molar-refractivity contribution < 1.29 is 0 Å². The molecule has 4 heteroatoms. The van der Waals surface area contributed by atoms with E-state index in [1.807, 2.05) is 36.4 Å². The number of benzene rings is 1. The quantitative estimate of drug-likeness (QED) is 0.665. The fourth-order valence-corrected chi connectivity index (χ4v) is 1.71. The van der Waals surface area contributed by atoms with E-state index in [4.69, 9.17) is 0 Å². The van der Waals surface area contributed by atoms with E-state index in [0.717, 1.165) is 11.3 Å². The smallest absolute Gasteiger partial charge is 0.306 e. The Morgan fingerprint density at radius 3 is 2.81 bits per heavy atom. The van der Waals surface area contributed by atoms with Crippen molar-refractivity contribution in [1.29, 1.82) is 0 Å². The van der Waals surface area contributed by atoms with Crippen LogP contribution in [-0.2, 0) is 0 Å². The highest BCUT2D eigenvalue weighted by Crippen LogP contribution is 2.15. The molecule has 1 N–H and O–H groups in total. The average Bonchev–Trinajstić information content (AvgIpc) is 2.79. The van der Waals surface area contributed by atoms with E-state index in [9.17, 15) is 4.79 Å².